The molecule has 0 saturated heterocycles. The maximum atomic E-state index is 12.9. The first-order valence-corrected chi connectivity index (χ1v) is 31.4. The van der Waals surface area contributed by atoms with Gasteiger partial charge >= 0.3 is 17.9 Å². The highest BCUT2D eigenvalue weighted by molar-refractivity contribution is 5.71. The van der Waals surface area contributed by atoms with E-state index >= 15 is 0 Å². The number of rotatable bonds is 57. The van der Waals surface area contributed by atoms with Crippen LogP contribution >= 0.6 is 0 Å². The molecule has 1 atom stereocenters. The van der Waals surface area contributed by atoms with E-state index in [0.29, 0.717) is 19.3 Å². The summed E-state index contributed by atoms with van der Waals surface area (Å²) < 4.78 is 16.9. The van der Waals surface area contributed by atoms with Crippen LogP contribution in [0, 0.1) is 0 Å². The SMILES string of the molecule is CCCCC/C=C\C/C=C\C/C=C\C/C=C\CCCCCC(=O)O[C@H](COC(=O)CCCCCCCCC/C=C\C/C=C\CCCCC)COC(=O)CCCCCCCCCCCCCCCCCCCCC. The molecule has 0 spiro atoms. The normalized spacial score (nSPS) is 12.5. The highest BCUT2D eigenvalue weighted by Crippen LogP contribution is 2.16. The Hall–Kier alpha value is -3.15. The van der Waals surface area contributed by atoms with Crippen LogP contribution in [0.15, 0.2) is 72.9 Å². The van der Waals surface area contributed by atoms with Crippen molar-refractivity contribution >= 4 is 17.9 Å². The molecule has 6 heteroatoms. The van der Waals surface area contributed by atoms with Gasteiger partial charge in [-0.2, -0.15) is 0 Å². The summed E-state index contributed by atoms with van der Waals surface area (Å²) in [6, 6.07) is 0. The highest BCUT2D eigenvalue weighted by atomic mass is 16.6. The van der Waals surface area contributed by atoms with Crippen molar-refractivity contribution in [2.45, 2.75) is 322 Å². The van der Waals surface area contributed by atoms with Crippen molar-refractivity contribution in [3.8, 4) is 0 Å². The van der Waals surface area contributed by atoms with Crippen molar-refractivity contribution in [3.63, 3.8) is 0 Å². The van der Waals surface area contributed by atoms with Gasteiger partial charge in [-0.1, -0.05) is 273 Å². The lowest BCUT2D eigenvalue weighted by molar-refractivity contribution is -0.167. The second kappa shape index (κ2) is 61.4. The fourth-order valence-corrected chi connectivity index (χ4v) is 8.93. The fraction of sp³-hybridized carbons (Fsp3) is 0.776. The number of hydrogen-bond acceptors (Lipinski definition) is 6. The molecule has 0 N–H and O–H groups in total. The molecule has 0 aliphatic heterocycles. The quantitative estimate of drug-likeness (QED) is 0.0261. The van der Waals surface area contributed by atoms with Crippen molar-refractivity contribution < 1.29 is 28.6 Å². The predicted octanol–water partition coefficient (Wildman–Crippen LogP) is 21.3. The van der Waals surface area contributed by atoms with Crippen LogP contribution in [0.25, 0.3) is 0 Å². The summed E-state index contributed by atoms with van der Waals surface area (Å²) in [6.45, 7) is 6.59. The minimum Gasteiger partial charge on any atom is -0.462 e. The van der Waals surface area contributed by atoms with E-state index in [1.54, 1.807) is 0 Å². The molecule has 0 unspecified atom stereocenters. The van der Waals surface area contributed by atoms with Gasteiger partial charge in [0.2, 0.25) is 0 Å². The fourth-order valence-electron chi connectivity index (χ4n) is 8.93. The van der Waals surface area contributed by atoms with Gasteiger partial charge in [0.25, 0.3) is 0 Å². The average molecular weight is 1020 g/mol. The van der Waals surface area contributed by atoms with Gasteiger partial charge in [-0.05, 0) is 96.3 Å². The van der Waals surface area contributed by atoms with Crippen molar-refractivity contribution in [2.75, 3.05) is 13.2 Å². The van der Waals surface area contributed by atoms with Gasteiger partial charge < -0.3 is 14.2 Å². The Morgan fingerprint density at radius 1 is 0.274 bits per heavy atom. The van der Waals surface area contributed by atoms with Gasteiger partial charge in [-0.25, -0.2) is 0 Å². The summed E-state index contributed by atoms with van der Waals surface area (Å²) in [5.41, 5.74) is 0. The topological polar surface area (TPSA) is 78.9 Å². The smallest absolute Gasteiger partial charge is 0.306 e. The van der Waals surface area contributed by atoms with Crippen LogP contribution in [-0.4, -0.2) is 37.2 Å². The number of hydrogen-bond donors (Lipinski definition) is 0. The molecule has 0 amide bonds. The van der Waals surface area contributed by atoms with E-state index in [4.69, 9.17) is 14.2 Å². The molecule has 6 nitrogen and oxygen atoms in total. The number of carbonyl (C=O) groups is 3. The van der Waals surface area contributed by atoms with Crippen LogP contribution in [0.1, 0.15) is 316 Å². The summed E-state index contributed by atoms with van der Waals surface area (Å²) in [6.07, 6.45) is 79.0. The van der Waals surface area contributed by atoms with Crippen molar-refractivity contribution in [1.82, 2.24) is 0 Å². The molecule has 422 valence electrons. The average Bonchev–Trinajstić information content (AvgIpc) is 3.39. The van der Waals surface area contributed by atoms with Gasteiger partial charge in [-0.15, -0.1) is 0 Å². The van der Waals surface area contributed by atoms with Gasteiger partial charge in [0, 0.05) is 19.3 Å². The highest BCUT2D eigenvalue weighted by Gasteiger charge is 2.19. The molecular formula is C67H118O6. The summed E-state index contributed by atoms with van der Waals surface area (Å²) in [4.78, 5) is 38.3. The van der Waals surface area contributed by atoms with E-state index in [9.17, 15) is 14.4 Å². The van der Waals surface area contributed by atoms with Gasteiger partial charge in [-0.3, -0.25) is 14.4 Å². The molecule has 0 aliphatic rings. The first kappa shape index (κ1) is 69.8. The largest absolute Gasteiger partial charge is 0.462 e. The van der Waals surface area contributed by atoms with E-state index in [2.05, 4.69) is 93.7 Å². The molecule has 0 heterocycles. The van der Waals surface area contributed by atoms with Crippen LogP contribution < -0.4 is 0 Å². The maximum absolute atomic E-state index is 12.9. The Bertz CT molecular complexity index is 1360. The molecule has 0 saturated carbocycles. The lowest BCUT2D eigenvalue weighted by Gasteiger charge is -2.18. The van der Waals surface area contributed by atoms with E-state index in [1.807, 2.05) is 0 Å². The molecule has 0 rings (SSSR count). The minimum absolute atomic E-state index is 0.0883. The van der Waals surface area contributed by atoms with Crippen LogP contribution in [0.2, 0.25) is 0 Å². The summed E-state index contributed by atoms with van der Waals surface area (Å²) in [5.74, 6) is -0.913. The van der Waals surface area contributed by atoms with E-state index < -0.39 is 6.10 Å². The Morgan fingerprint density at radius 2 is 0.493 bits per heavy atom. The lowest BCUT2D eigenvalue weighted by Crippen LogP contribution is -2.30. The Balaban J connectivity index is 4.43. The lowest BCUT2D eigenvalue weighted by atomic mass is 10.0. The minimum atomic E-state index is -0.795. The monoisotopic (exact) mass is 1020 g/mol. The third-order valence-electron chi connectivity index (χ3n) is 13.7. The second-order valence-corrected chi connectivity index (χ2v) is 21.0. The van der Waals surface area contributed by atoms with E-state index in [0.717, 1.165) is 96.3 Å². The first-order chi connectivity index (χ1) is 36.0. The summed E-state index contributed by atoms with van der Waals surface area (Å²) >= 11 is 0. The van der Waals surface area contributed by atoms with Crippen LogP contribution in [0.5, 0.6) is 0 Å². The molecular weight excluding hydrogens is 901 g/mol. The maximum Gasteiger partial charge on any atom is 0.306 e. The molecule has 0 bridgehead atoms. The van der Waals surface area contributed by atoms with Crippen LogP contribution in [0.4, 0.5) is 0 Å². The van der Waals surface area contributed by atoms with E-state index in [1.165, 1.54) is 180 Å². The molecule has 73 heavy (non-hydrogen) atoms. The van der Waals surface area contributed by atoms with Gasteiger partial charge in [0.1, 0.15) is 13.2 Å². The van der Waals surface area contributed by atoms with Crippen LogP contribution in [-0.2, 0) is 28.6 Å². The van der Waals surface area contributed by atoms with Crippen LogP contribution in [0.3, 0.4) is 0 Å². The molecule has 0 aliphatic carbocycles. The van der Waals surface area contributed by atoms with E-state index in [-0.39, 0.29) is 31.1 Å². The molecule has 0 radical (unpaired) electrons. The molecule has 0 aromatic heterocycles. The third-order valence-corrected chi connectivity index (χ3v) is 13.7. The zero-order chi connectivity index (χ0) is 52.9. The van der Waals surface area contributed by atoms with Gasteiger partial charge in [0.05, 0.1) is 0 Å². The zero-order valence-electron chi connectivity index (χ0n) is 48.4. The number of allylic oxidation sites excluding steroid dienone is 12. The first-order valence-electron chi connectivity index (χ1n) is 31.4. The molecule has 0 aromatic rings. The predicted molar refractivity (Wildman–Crippen MR) is 316 cm³/mol. The number of carbonyl (C=O) groups excluding carboxylic acids is 3. The van der Waals surface area contributed by atoms with Crippen molar-refractivity contribution in [2.24, 2.45) is 0 Å². The Labute approximate surface area is 453 Å². The Morgan fingerprint density at radius 3 is 0.808 bits per heavy atom. The summed E-state index contributed by atoms with van der Waals surface area (Å²) in [7, 11) is 0. The van der Waals surface area contributed by atoms with Gasteiger partial charge in [0.15, 0.2) is 6.10 Å². The number of unbranched alkanes of at least 4 members (excludes halogenated alkanes) is 34. The molecule has 0 fully saturated rings. The standard InChI is InChI=1S/C67H118O6/c1-4-7-10-13-16-19-22-25-28-31-33-36-39-42-45-48-51-54-57-60-66(69)72-63-64(62-71-65(68)59-56-53-50-47-44-41-38-35-30-27-24-21-18-15-12-9-6-3)73-67(70)61-58-55-52-49-46-43-40-37-34-32-29-26-23-20-17-14-11-8-5-2/h17-18,20-21,26-27,29-30,34,37,43,46,64H,4-16,19,22-25,28,31-33,35-36,38-42,44-45,47-63H2,1-3H3/b20-17-,21-18-,29-26-,30-27-,37-34-,46-43-/t64-/m1/s1. The second-order valence-electron chi connectivity index (χ2n) is 21.0. The zero-order valence-corrected chi connectivity index (χ0v) is 48.4. The molecule has 0 aromatic carbocycles. The number of ether oxygens (including phenoxy) is 3. The number of esters is 3. The van der Waals surface area contributed by atoms with Crippen molar-refractivity contribution in [3.05, 3.63) is 72.9 Å². The summed E-state index contributed by atoms with van der Waals surface area (Å²) in [5, 5.41) is 0. The Kier molecular flexibility index (Phi) is 58.7. The third kappa shape index (κ3) is 59.6. The van der Waals surface area contributed by atoms with Crippen molar-refractivity contribution in [1.29, 1.82) is 0 Å².